The summed E-state index contributed by atoms with van der Waals surface area (Å²) in [5.74, 6) is -0.542. The van der Waals surface area contributed by atoms with E-state index in [1.165, 1.54) is 12.0 Å². The van der Waals surface area contributed by atoms with Crippen LogP contribution >= 0.6 is 0 Å². The first kappa shape index (κ1) is 9.98. The predicted octanol–water partition coefficient (Wildman–Crippen LogP) is -1.03. The van der Waals surface area contributed by atoms with Gasteiger partial charge in [0.25, 0.3) is 0 Å². The summed E-state index contributed by atoms with van der Waals surface area (Å²) in [6.07, 6.45) is 0.340. The number of hydrogen-bond donors (Lipinski definition) is 1. The van der Waals surface area contributed by atoms with Crippen LogP contribution in [0.2, 0.25) is 0 Å². The van der Waals surface area contributed by atoms with Gasteiger partial charge >= 0.3 is 5.97 Å². The molecule has 0 aromatic heterocycles. The molecule has 5 heteroatoms. The highest BCUT2D eigenvalue weighted by Gasteiger charge is 2.41. The fourth-order valence-electron chi connectivity index (χ4n) is 1.63. The Morgan fingerprint density at radius 2 is 2.38 bits per heavy atom. The number of rotatable bonds is 2. The SMILES string of the molecule is COC(=O)C1C(CN)CC(=O)N1C. The molecule has 2 unspecified atom stereocenters. The molecule has 1 saturated heterocycles. The third kappa shape index (κ3) is 1.65. The molecule has 0 aromatic carbocycles. The molecule has 1 aliphatic heterocycles. The second-order valence-electron chi connectivity index (χ2n) is 3.17. The highest BCUT2D eigenvalue weighted by Crippen LogP contribution is 2.23. The summed E-state index contributed by atoms with van der Waals surface area (Å²) >= 11 is 0. The van der Waals surface area contributed by atoms with Crippen LogP contribution in [0.15, 0.2) is 0 Å². The van der Waals surface area contributed by atoms with Crippen molar-refractivity contribution in [2.45, 2.75) is 12.5 Å². The molecule has 0 saturated carbocycles. The van der Waals surface area contributed by atoms with Gasteiger partial charge in [0.15, 0.2) is 0 Å². The lowest BCUT2D eigenvalue weighted by atomic mass is 10.0. The predicted molar refractivity (Wildman–Crippen MR) is 45.7 cm³/mol. The number of esters is 1. The van der Waals surface area contributed by atoms with Crippen LogP contribution in [0, 0.1) is 5.92 Å². The minimum Gasteiger partial charge on any atom is -0.467 e. The van der Waals surface area contributed by atoms with Crippen molar-refractivity contribution in [3.63, 3.8) is 0 Å². The topological polar surface area (TPSA) is 72.6 Å². The standard InChI is InChI=1S/C8H14N2O3/c1-10-6(11)3-5(4-9)7(10)8(12)13-2/h5,7H,3-4,9H2,1-2H3. The molecule has 13 heavy (non-hydrogen) atoms. The fraction of sp³-hybridized carbons (Fsp3) is 0.750. The third-order valence-electron chi connectivity index (χ3n) is 2.44. The maximum atomic E-state index is 11.3. The Bertz CT molecular complexity index is 229. The lowest BCUT2D eigenvalue weighted by Crippen LogP contribution is -2.41. The van der Waals surface area contributed by atoms with Crippen molar-refractivity contribution < 1.29 is 14.3 Å². The lowest BCUT2D eigenvalue weighted by molar-refractivity contribution is -0.149. The zero-order valence-corrected chi connectivity index (χ0v) is 7.82. The second kappa shape index (κ2) is 3.74. The first-order valence-electron chi connectivity index (χ1n) is 4.15. The molecule has 1 aliphatic rings. The van der Waals surface area contributed by atoms with Crippen LogP contribution in [-0.4, -0.2) is 43.5 Å². The molecule has 2 atom stereocenters. The van der Waals surface area contributed by atoms with Crippen LogP contribution < -0.4 is 5.73 Å². The van der Waals surface area contributed by atoms with Crippen molar-refractivity contribution in [1.82, 2.24) is 4.90 Å². The molecule has 5 nitrogen and oxygen atoms in total. The summed E-state index contributed by atoms with van der Waals surface area (Å²) < 4.78 is 4.60. The normalized spacial score (nSPS) is 27.9. The molecule has 0 aromatic rings. The van der Waals surface area contributed by atoms with Crippen molar-refractivity contribution in [3.05, 3.63) is 0 Å². The van der Waals surface area contributed by atoms with Crippen LogP contribution in [-0.2, 0) is 14.3 Å². The van der Waals surface area contributed by atoms with Gasteiger partial charge < -0.3 is 15.4 Å². The Labute approximate surface area is 76.8 Å². The lowest BCUT2D eigenvalue weighted by Gasteiger charge is -2.20. The smallest absolute Gasteiger partial charge is 0.328 e. The number of carbonyl (C=O) groups is 2. The number of likely N-dealkylation sites (N-methyl/N-ethyl adjacent to an activating group) is 1. The summed E-state index contributed by atoms with van der Waals surface area (Å²) in [6, 6.07) is -0.498. The Morgan fingerprint density at radius 3 is 2.85 bits per heavy atom. The summed E-state index contributed by atoms with van der Waals surface area (Å²) in [6.45, 7) is 0.329. The molecule has 1 amide bonds. The van der Waals surface area contributed by atoms with Crippen molar-refractivity contribution in [3.8, 4) is 0 Å². The number of amides is 1. The van der Waals surface area contributed by atoms with E-state index in [0.717, 1.165) is 0 Å². The van der Waals surface area contributed by atoms with Crippen LogP contribution in [0.25, 0.3) is 0 Å². The van der Waals surface area contributed by atoms with Gasteiger partial charge in [0.05, 0.1) is 7.11 Å². The molecule has 2 N–H and O–H groups in total. The maximum absolute atomic E-state index is 11.3. The highest BCUT2D eigenvalue weighted by atomic mass is 16.5. The van der Waals surface area contributed by atoms with Gasteiger partial charge in [0, 0.05) is 19.4 Å². The number of carbonyl (C=O) groups excluding carboxylic acids is 2. The van der Waals surface area contributed by atoms with E-state index in [1.807, 2.05) is 0 Å². The molecule has 0 spiro atoms. The van der Waals surface area contributed by atoms with Gasteiger partial charge in [0.2, 0.25) is 5.91 Å². The number of hydrogen-bond acceptors (Lipinski definition) is 4. The van der Waals surface area contributed by atoms with E-state index >= 15 is 0 Å². The van der Waals surface area contributed by atoms with E-state index in [2.05, 4.69) is 4.74 Å². The molecular formula is C8H14N2O3. The first-order valence-corrected chi connectivity index (χ1v) is 4.15. The summed E-state index contributed by atoms with van der Waals surface area (Å²) in [5, 5.41) is 0. The fourth-order valence-corrected chi connectivity index (χ4v) is 1.63. The Morgan fingerprint density at radius 1 is 1.77 bits per heavy atom. The van der Waals surface area contributed by atoms with Gasteiger partial charge in [-0.25, -0.2) is 4.79 Å². The van der Waals surface area contributed by atoms with Gasteiger partial charge in [0.1, 0.15) is 6.04 Å². The first-order chi connectivity index (χ1) is 6.11. The highest BCUT2D eigenvalue weighted by molar-refractivity contribution is 5.88. The van der Waals surface area contributed by atoms with Crippen LogP contribution in [0.4, 0.5) is 0 Å². The minimum atomic E-state index is -0.498. The number of likely N-dealkylation sites (tertiary alicyclic amines) is 1. The molecule has 1 heterocycles. The quantitative estimate of drug-likeness (QED) is 0.559. The van der Waals surface area contributed by atoms with Crippen LogP contribution in [0.5, 0.6) is 0 Å². The second-order valence-corrected chi connectivity index (χ2v) is 3.17. The molecule has 0 bridgehead atoms. The number of nitrogens with two attached hydrogens (primary N) is 1. The Kier molecular flexibility index (Phi) is 2.87. The largest absolute Gasteiger partial charge is 0.467 e. The van der Waals surface area contributed by atoms with Crippen LogP contribution in [0.1, 0.15) is 6.42 Å². The zero-order chi connectivity index (χ0) is 10.0. The number of nitrogens with zero attached hydrogens (tertiary/aromatic N) is 1. The molecular weight excluding hydrogens is 172 g/mol. The van der Waals surface area contributed by atoms with E-state index in [0.29, 0.717) is 13.0 Å². The molecule has 1 fully saturated rings. The third-order valence-corrected chi connectivity index (χ3v) is 2.44. The van der Waals surface area contributed by atoms with Crippen molar-refractivity contribution >= 4 is 11.9 Å². The van der Waals surface area contributed by atoms with Gasteiger partial charge in [-0.05, 0) is 6.54 Å². The monoisotopic (exact) mass is 186 g/mol. The minimum absolute atomic E-state index is 0.0501. The molecule has 0 radical (unpaired) electrons. The number of ether oxygens (including phenoxy) is 1. The van der Waals surface area contributed by atoms with Gasteiger partial charge in [-0.1, -0.05) is 0 Å². The van der Waals surface area contributed by atoms with E-state index in [4.69, 9.17) is 5.73 Å². The summed E-state index contributed by atoms with van der Waals surface area (Å²) in [4.78, 5) is 23.9. The molecule has 0 aliphatic carbocycles. The van der Waals surface area contributed by atoms with E-state index in [-0.39, 0.29) is 17.8 Å². The van der Waals surface area contributed by atoms with E-state index < -0.39 is 6.04 Å². The Balaban J connectivity index is 2.79. The van der Waals surface area contributed by atoms with Crippen molar-refractivity contribution in [1.29, 1.82) is 0 Å². The maximum Gasteiger partial charge on any atom is 0.328 e. The summed E-state index contributed by atoms with van der Waals surface area (Å²) in [5.41, 5.74) is 5.45. The van der Waals surface area contributed by atoms with E-state index in [1.54, 1.807) is 7.05 Å². The van der Waals surface area contributed by atoms with E-state index in [9.17, 15) is 9.59 Å². The molecule has 1 rings (SSSR count). The summed E-state index contributed by atoms with van der Waals surface area (Å²) in [7, 11) is 2.91. The number of methoxy groups -OCH3 is 1. The van der Waals surface area contributed by atoms with Gasteiger partial charge in [-0.15, -0.1) is 0 Å². The zero-order valence-electron chi connectivity index (χ0n) is 7.82. The Hall–Kier alpha value is -1.10. The van der Waals surface area contributed by atoms with Gasteiger partial charge in [-0.3, -0.25) is 4.79 Å². The van der Waals surface area contributed by atoms with Crippen molar-refractivity contribution in [2.75, 3.05) is 20.7 Å². The average Bonchev–Trinajstić information content (AvgIpc) is 2.42. The van der Waals surface area contributed by atoms with Gasteiger partial charge in [-0.2, -0.15) is 0 Å². The van der Waals surface area contributed by atoms with Crippen LogP contribution in [0.3, 0.4) is 0 Å². The van der Waals surface area contributed by atoms with Crippen molar-refractivity contribution in [2.24, 2.45) is 11.7 Å². The average molecular weight is 186 g/mol. The molecule has 74 valence electrons.